The molecule has 2 rings (SSSR count). The first-order valence-corrected chi connectivity index (χ1v) is 7.00. The molecule has 2 unspecified atom stereocenters. The van der Waals surface area contributed by atoms with Crippen LogP contribution in [0.5, 0.6) is 0 Å². The van der Waals surface area contributed by atoms with Gasteiger partial charge in [-0.15, -0.1) is 0 Å². The average Bonchev–Trinajstić information content (AvgIpc) is 3.00. The van der Waals surface area contributed by atoms with Crippen molar-refractivity contribution in [3.8, 4) is 0 Å². The first-order chi connectivity index (χ1) is 9.89. The molecule has 2 aromatic rings. The normalized spacial score (nSPS) is 16.1. The van der Waals surface area contributed by atoms with Gasteiger partial charge < -0.3 is 19.0 Å². The SMILES string of the molecule is CN(C)CC(C)(O)CNC(c1ccco1)c1nccn1C. The number of aromatic nitrogens is 2. The Morgan fingerprint density at radius 2 is 2.29 bits per heavy atom. The molecule has 0 saturated heterocycles. The first-order valence-electron chi connectivity index (χ1n) is 7.00. The second kappa shape index (κ2) is 6.43. The molecular formula is C15H24N4O2. The van der Waals surface area contributed by atoms with E-state index in [4.69, 9.17) is 4.42 Å². The Kier molecular flexibility index (Phi) is 4.82. The third-order valence-corrected chi connectivity index (χ3v) is 3.29. The van der Waals surface area contributed by atoms with Gasteiger partial charge in [0.15, 0.2) is 0 Å². The summed E-state index contributed by atoms with van der Waals surface area (Å²) in [5.74, 6) is 1.63. The highest BCUT2D eigenvalue weighted by molar-refractivity contribution is 5.15. The van der Waals surface area contributed by atoms with Gasteiger partial charge in [0.05, 0.1) is 11.9 Å². The summed E-state index contributed by atoms with van der Waals surface area (Å²) in [5, 5.41) is 13.8. The van der Waals surface area contributed by atoms with E-state index in [0.29, 0.717) is 13.1 Å². The van der Waals surface area contributed by atoms with E-state index >= 15 is 0 Å². The van der Waals surface area contributed by atoms with Gasteiger partial charge in [-0.2, -0.15) is 0 Å². The fourth-order valence-electron chi connectivity index (χ4n) is 2.49. The van der Waals surface area contributed by atoms with Gasteiger partial charge in [0, 0.05) is 32.5 Å². The molecule has 6 nitrogen and oxygen atoms in total. The predicted molar refractivity (Wildman–Crippen MR) is 80.9 cm³/mol. The predicted octanol–water partition coefficient (Wildman–Crippen LogP) is 1.00. The minimum Gasteiger partial charge on any atom is -0.467 e. The van der Waals surface area contributed by atoms with Crippen molar-refractivity contribution in [1.82, 2.24) is 19.8 Å². The van der Waals surface area contributed by atoms with Crippen LogP contribution in [0.4, 0.5) is 0 Å². The number of furan rings is 1. The molecule has 6 heteroatoms. The Labute approximate surface area is 125 Å². The number of imidazole rings is 1. The number of nitrogens with zero attached hydrogens (tertiary/aromatic N) is 3. The van der Waals surface area contributed by atoms with E-state index < -0.39 is 5.60 Å². The average molecular weight is 292 g/mol. The molecule has 0 aromatic carbocycles. The van der Waals surface area contributed by atoms with Gasteiger partial charge in [-0.25, -0.2) is 4.98 Å². The zero-order valence-electron chi connectivity index (χ0n) is 13.1. The molecule has 2 heterocycles. The van der Waals surface area contributed by atoms with Crippen LogP contribution in [0.1, 0.15) is 24.6 Å². The summed E-state index contributed by atoms with van der Waals surface area (Å²) >= 11 is 0. The van der Waals surface area contributed by atoms with E-state index in [-0.39, 0.29) is 6.04 Å². The van der Waals surface area contributed by atoms with Gasteiger partial charge in [-0.1, -0.05) is 0 Å². The summed E-state index contributed by atoms with van der Waals surface area (Å²) < 4.78 is 7.46. The largest absolute Gasteiger partial charge is 0.467 e. The van der Waals surface area contributed by atoms with Gasteiger partial charge in [-0.05, 0) is 33.2 Å². The number of hydrogen-bond donors (Lipinski definition) is 2. The molecule has 0 amide bonds. The Bertz CT molecular complexity index is 546. The van der Waals surface area contributed by atoms with Crippen molar-refractivity contribution in [2.75, 3.05) is 27.2 Å². The van der Waals surface area contributed by atoms with E-state index in [1.165, 1.54) is 0 Å². The molecule has 0 bridgehead atoms. The highest BCUT2D eigenvalue weighted by Crippen LogP contribution is 2.21. The zero-order valence-corrected chi connectivity index (χ0v) is 13.1. The minimum atomic E-state index is -0.834. The van der Waals surface area contributed by atoms with Gasteiger partial charge in [-0.3, -0.25) is 5.32 Å². The van der Waals surface area contributed by atoms with Crippen LogP contribution < -0.4 is 5.32 Å². The first kappa shape index (κ1) is 15.8. The second-order valence-electron chi connectivity index (χ2n) is 5.96. The maximum atomic E-state index is 10.4. The highest BCUT2D eigenvalue weighted by Gasteiger charge is 2.26. The van der Waals surface area contributed by atoms with Crippen LogP contribution >= 0.6 is 0 Å². The van der Waals surface area contributed by atoms with Crippen molar-refractivity contribution >= 4 is 0 Å². The van der Waals surface area contributed by atoms with Gasteiger partial charge >= 0.3 is 0 Å². The third-order valence-electron chi connectivity index (χ3n) is 3.29. The van der Waals surface area contributed by atoms with E-state index in [9.17, 15) is 5.11 Å². The van der Waals surface area contributed by atoms with Gasteiger partial charge in [0.25, 0.3) is 0 Å². The summed E-state index contributed by atoms with van der Waals surface area (Å²) in [4.78, 5) is 6.34. The Morgan fingerprint density at radius 1 is 1.52 bits per heavy atom. The van der Waals surface area contributed by atoms with Crippen molar-refractivity contribution in [1.29, 1.82) is 0 Å². The lowest BCUT2D eigenvalue weighted by Crippen LogP contribution is -2.46. The number of rotatable bonds is 7. The quantitative estimate of drug-likeness (QED) is 0.797. The Balaban J connectivity index is 2.13. The number of hydrogen-bond acceptors (Lipinski definition) is 5. The molecule has 0 saturated carbocycles. The molecule has 0 fully saturated rings. The lowest BCUT2D eigenvalue weighted by atomic mass is 10.1. The van der Waals surface area contributed by atoms with E-state index in [0.717, 1.165) is 11.6 Å². The van der Waals surface area contributed by atoms with Crippen molar-refractivity contribution in [3.05, 3.63) is 42.4 Å². The topological polar surface area (TPSA) is 66.5 Å². The molecular weight excluding hydrogens is 268 g/mol. The van der Waals surface area contributed by atoms with E-state index in [1.54, 1.807) is 12.5 Å². The molecule has 0 aliphatic heterocycles. The summed E-state index contributed by atoms with van der Waals surface area (Å²) in [6.45, 7) is 2.83. The molecule has 116 valence electrons. The Hall–Kier alpha value is -1.63. The van der Waals surface area contributed by atoms with Crippen LogP contribution in [-0.2, 0) is 7.05 Å². The second-order valence-corrected chi connectivity index (χ2v) is 5.96. The number of aryl methyl sites for hydroxylation is 1. The fourth-order valence-corrected chi connectivity index (χ4v) is 2.49. The van der Waals surface area contributed by atoms with Gasteiger partial charge in [0.2, 0.25) is 0 Å². The number of likely N-dealkylation sites (N-methyl/N-ethyl adjacent to an activating group) is 1. The summed E-state index contributed by atoms with van der Waals surface area (Å²) in [7, 11) is 5.83. The van der Waals surface area contributed by atoms with Crippen LogP contribution in [0.25, 0.3) is 0 Å². The van der Waals surface area contributed by atoms with E-state index in [1.807, 2.05) is 55.9 Å². The molecule has 0 aliphatic carbocycles. The smallest absolute Gasteiger partial charge is 0.133 e. The van der Waals surface area contributed by atoms with Crippen LogP contribution in [0, 0.1) is 0 Å². The van der Waals surface area contributed by atoms with Crippen LogP contribution in [0.15, 0.2) is 35.2 Å². The summed E-state index contributed by atoms with van der Waals surface area (Å²) in [5.41, 5.74) is -0.834. The molecule has 2 N–H and O–H groups in total. The maximum Gasteiger partial charge on any atom is 0.133 e. The van der Waals surface area contributed by atoms with Crippen LogP contribution in [0.3, 0.4) is 0 Å². The zero-order chi connectivity index (χ0) is 15.5. The van der Waals surface area contributed by atoms with Crippen molar-refractivity contribution in [3.63, 3.8) is 0 Å². The molecule has 21 heavy (non-hydrogen) atoms. The lowest BCUT2D eigenvalue weighted by molar-refractivity contribution is 0.0315. The van der Waals surface area contributed by atoms with Crippen LogP contribution in [0.2, 0.25) is 0 Å². The fraction of sp³-hybridized carbons (Fsp3) is 0.533. The number of nitrogens with one attached hydrogen (secondary N) is 1. The van der Waals surface area contributed by atoms with Crippen LogP contribution in [-0.4, -0.2) is 52.3 Å². The van der Waals surface area contributed by atoms with Crippen molar-refractivity contribution < 1.29 is 9.52 Å². The summed E-state index contributed by atoms with van der Waals surface area (Å²) in [6, 6.07) is 3.58. The standard InChI is InChI=1S/C15H24N4O2/c1-15(20,11-18(2)3)10-17-13(12-6-5-9-21-12)14-16-7-8-19(14)4/h5-9,13,17,20H,10-11H2,1-4H3. The lowest BCUT2D eigenvalue weighted by Gasteiger charge is -2.29. The number of aliphatic hydroxyl groups is 1. The van der Waals surface area contributed by atoms with Gasteiger partial charge in [0.1, 0.15) is 17.6 Å². The third kappa shape index (κ3) is 4.17. The molecule has 0 radical (unpaired) electrons. The van der Waals surface area contributed by atoms with E-state index in [2.05, 4.69) is 10.3 Å². The molecule has 2 atom stereocenters. The van der Waals surface area contributed by atoms with Crippen molar-refractivity contribution in [2.45, 2.75) is 18.6 Å². The summed E-state index contributed by atoms with van der Waals surface area (Å²) in [6.07, 6.45) is 5.29. The highest BCUT2D eigenvalue weighted by atomic mass is 16.3. The molecule has 2 aromatic heterocycles. The van der Waals surface area contributed by atoms with Crippen molar-refractivity contribution in [2.24, 2.45) is 7.05 Å². The monoisotopic (exact) mass is 292 g/mol. The Morgan fingerprint density at radius 3 is 2.81 bits per heavy atom. The molecule has 0 aliphatic rings. The molecule has 0 spiro atoms. The minimum absolute atomic E-state index is 0.186. The maximum absolute atomic E-state index is 10.4.